The zero-order valence-electron chi connectivity index (χ0n) is 11.4. The van der Waals surface area contributed by atoms with Gasteiger partial charge in [-0.1, -0.05) is 19.1 Å². The maximum absolute atomic E-state index is 13.8. The van der Waals surface area contributed by atoms with Crippen LogP contribution in [0.25, 0.3) is 0 Å². The first-order chi connectivity index (χ1) is 9.61. The van der Waals surface area contributed by atoms with Crippen LogP contribution in [0.4, 0.5) is 20.2 Å². The normalized spacial score (nSPS) is 10.6. The van der Waals surface area contributed by atoms with Gasteiger partial charge in [-0.25, -0.2) is 8.78 Å². The summed E-state index contributed by atoms with van der Waals surface area (Å²) in [6.45, 7) is 3.06. The third kappa shape index (κ3) is 3.26. The van der Waals surface area contributed by atoms with E-state index < -0.39 is 11.6 Å². The Hall–Kier alpha value is -2.10. The molecule has 0 fully saturated rings. The molecule has 0 unspecified atom stereocenters. The summed E-state index contributed by atoms with van der Waals surface area (Å²) >= 11 is 0. The molecule has 0 bridgehead atoms. The Balaban J connectivity index is 2.30. The van der Waals surface area contributed by atoms with E-state index in [9.17, 15) is 8.78 Å². The molecule has 0 saturated heterocycles. The largest absolute Gasteiger partial charge is 0.397 e. The molecule has 0 radical (unpaired) electrons. The third-order valence-electron chi connectivity index (χ3n) is 3.14. The first-order valence-corrected chi connectivity index (χ1v) is 6.65. The van der Waals surface area contributed by atoms with Crippen LogP contribution in [0.15, 0.2) is 42.5 Å². The molecule has 2 nitrogen and oxygen atoms in total. The predicted molar refractivity (Wildman–Crippen MR) is 78.6 cm³/mol. The van der Waals surface area contributed by atoms with Crippen LogP contribution in [-0.4, -0.2) is 6.54 Å². The molecule has 0 heterocycles. The number of rotatable bonds is 5. The maximum Gasteiger partial charge on any atom is 0.128 e. The number of halogens is 2. The van der Waals surface area contributed by atoms with Crippen molar-refractivity contribution in [2.24, 2.45) is 0 Å². The van der Waals surface area contributed by atoms with Gasteiger partial charge in [0.15, 0.2) is 0 Å². The van der Waals surface area contributed by atoms with E-state index in [1.807, 2.05) is 30.0 Å². The van der Waals surface area contributed by atoms with Crippen molar-refractivity contribution in [3.63, 3.8) is 0 Å². The summed E-state index contributed by atoms with van der Waals surface area (Å²) in [7, 11) is 0. The van der Waals surface area contributed by atoms with Crippen LogP contribution in [0.2, 0.25) is 0 Å². The average molecular weight is 276 g/mol. The van der Waals surface area contributed by atoms with Gasteiger partial charge in [0.1, 0.15) is 11.6 Å². The van der Waals surface area contributed by atoms with Crippen LogP contribution in [0.3, 0.4) is 0 Å². The van der Waals surface area contributed by atoms with Gasteiger partial charge in [0.2, 0.25) is 0 Å². The lowest BCUT2D eigenvalue weighted by Gasteiger charge is -2.26. The zero-order chi connectivity index (χ0) is 14.5. The maximum atomic E-state index is 13.8. The van der Waals surface area contributed by atoms with Crippen LogP contribution in [-0.2, 0) is 6.54 Å². The van der Waals surface area contributed by atoms with Gasteiger partial charge in [0, 0.05) is 18.7 Å². The molecule has 2 N–H and O–H groups in total. The standard InChI is InChI=1S/C16H18F2N2/c1-2-9-20(16-6-4-3-5-15(16)19)11-12-10-13(17)7-8-14(12)18/h3-8,10H,2,9,11,19H2,1H3. The monoisotopic (exact) mass is 276 g/mol. The van der Waals surface area contributed by atoms with E-state index in [2.05, 4.69) is 0 Å². The minimum absolute atomic E-state index is 0.297. The second-order valence-corrected chi connectivity index (χ2v) is 4.72. The number of hydrogen-bond donors (Lipinski definition) is 1. The highest BCUT2D eigenvalue weighted by Crippen LogP contribution is 2.25. The van der Waals surface area contributed by atoms with Crippen molar-refractivity contribution < 1.29 is 8.78 Å². The minimum atomic E-state index is -0.432. The molecule has 0 saturated carbocycles. The van der Waals surface area contributed by atoms with E-state index in [1.165, 1.54) is 6.07 Å². The minimum Gasteiger partial charge on any atom is -0.397 e. The van der Waals surface area contributed by atoms with Crippen molar-refractivity contribution in [1.29, 1.82) is 0 Å². The van der Waals surface area contributed by atoms with Crippen LogP contribution < -0.4 is 10.6 Å². The summed E-state index contributed by atoms with van der Waals surface area (Å²) in [6.07, 6.45) is 0.894. The lowest BCUT2D eigenvalue weighted by atomic mass is 10.1. The van der Waals surface area contributed by atoms with Gasteiger partial charge in [-0.05, 0) is 36.8 Å². The molecule has 0 atom stereocenters. The fourth-order valence-electron chi connectivity index (χ4n) is 2.20. The topological polar surface area (TPSA) is 29.3 Å². The molecule has 0 aliphatic rings. The molecule has 4 heteroatoms. The summed E-state index contributed by atoms with van der Waals surface area (Å²) in [5, 5.41) is 0. The third-order valence-corrected chi connectivity index (χ3v) is 3.14. The quantitative estimate of drug-likeness (QED) is 0.837. The van der Waals surface area contributed by atoms with Gasteiger partial charge >= 0.3 is 0 Å². The number of benzene rings is 2. The van der Waals surface area contributed by atoms with Crippen LogP contribution in [0, 0.1) is 11.6 Å². The predicted octanol–water partition coefficient (Wildman–Crippen LogP) is 3.96. The van der Waals surface area contributed by atoms with Gasteiger partial charge in [0.25, 0.3) is 0 Å². The smallest absolute Gasteiger partial charge is 0.128 e. The van der Waals surface area contributed by atoms with Crippen molar-refractivity contribution in [3.05, 3.63) is 59.7 Å². The Morgan fingerprint density at radius 1 is 1.10 bits per heavy atom. The molecule has 0 aromatic heterocycles. The van der Waals surface area contributed by atoms with E-state index in [-0.39, 0.29) is 0 Å². The van der Waals surface area contributed by atoms with Gasteiger partial charge in [-0.2, -0.15) is 0 Å². The van der Waals surface area contributed by atoms with Gasteiger partial charge < -0.3 is 10.6 Å². The Kier molecular flexibility index (Phi) is 4.56. The molecular weight excluding hydrogens is 258 g/mol. The van der Waals surface area contributed by atoms with Crippen molar-refractivity contribution in [3.8, 4) is 0 Å². The number of nitrogens with two attached hydrogens (primary N) is 1. The fourth-order valence-corrected chi connectivity index (χ4v) is 2.20. The summed E-state index contributed by atoms with van der Waals surface area (Å²) < 4.78 is 27.0. The van der Waals surface area contributed by atoms with E-state index in [0.29, 0.717) is 17.8 Å². The SMILES string of the molecule is CCCN(Cc1cc(F)ccc1F)c1ccccc1N. The van der Waals surface area contributed by atoms with Crippen LogP contribution >= 0.6 is 0 Å². The van der Waals surface area contributed by atoms with Crippen LogP contribution in [0.1, 0.15) is 18.9 Å². The summed E-state index contributed by atoms with van der Waals surface area (Å²) in [4.78, 5) is 1.97. The number of anilines is 2. The number of nitrogen functional groups attached to an aromatic ring is 1. The lowest BCUT2D eigenvalue weighted by molar-refractivity contribution is 0.580. The highest BCUT2D eigenvalue weighted by molar-refractivity contribution is 5.67. The van der Waals surface area contributed by atoms with Gasteiger partial charge in [0.05, 0.1) is 11.4 Å². The first kappa shape index (κ1) is 14.3. The Bertz CT molecular complexity index is 584. The van der Waals surface area contributed by atoms with E-state index in [0.717, 1.165) is 30.8 Å². The molecule has 2 rings (SSSR count). The molecule has 0 spiro atoms. The highest BCUT2D eigenvalue weighted by atomic mass is 19.1. The van der Waals surface area contributed by atoms with Crippen molar-refractivity contribution in [2.45, 2.75) is 19.9 Å². The van der Waals surface area contributed by atoms with Gasteiger partial charge in [-0.3, -0.25) is 0 Å². The average Bonchev–Trinajstić information content (AvgIpc) is 2.43. The summed E-state index contributed by atoms with van der Waals surface area (Å²) in [5.74, 6) is -0.833. The number of para-hydroxylation sites is 2. The lowest BCUT2D eigenvalue weighted by Crippen LogP contribution is -2.25. The van der Waals surface area contributed by atoms with E-state index >= 15 is 0 Å². The fraction of sp³-hybridized carbons (Fsp3) is 0.250. The molecule has 20 heavy (non-hydrogen) atoms. The number of hydrogen-bond acceptors (Lipinski definition) is 2. The second-order valence-electron chi connectivity index (χ2n) is 4.72. The Labute approximate surface area is 117 Å². The van der Waals surface area contributed by atoms with Crippen LogP contribution in [0.5, 0.6) is 0 Å². The van der Waals surface area contributed by atoms with Crippen molar-refractivity contribution in [1.82, 2.24) is 0 Å². The molecule has 0 aliphatic heterocycles. The Morgan fingerprint density at radius 3 is 2.55 bits per heavy atom. The van der Waals surface area contributed by atoms with Crippen molar-refractivity contribution in [2.75, 3.05) is 17.2 Å². The first-order valence-electron chi connectivity index (χ1n) is 6.65. The van der Waals surface area contributed by atoms with Crippen molar-refractivity contribution >= 4 is 11.4 Å². The molecular formula is C16H18F2N2. The molecule has 2 aromatic rings. The van der Waals surface area contributed by atoms with E-state index in [4.69, 9.17) is 5.73 Å². The summed E-state index contributed by atoms with van der Waals surface area (Å²) in [6, 6.07) is 10.9. The molecule has 0 aliphatic carbocycles. The molecule has 2 aromatic carbocycles. The van der Waals surface area contributed by atoms with Gasteiger partial charge in [-0.15, -0.1) is 0 Å². The van der Waals surface area contributed by atoms with E-state index in [1.54, 1.807) is 6.07 Å². The zero-order valence-corrected chi connectivity index (χ0v) is 11.4. The second kappa shape index (κ2) is 6.37. The highest BCUT2D eigenvalue weighted by Gasteiger charge is 2.12. The summed E-state index contributed by atoms with van der Waals surface area (Å²) in [5.41, 5.74) is 7.78. The molecule has 0 amide bonds. The molecule has 106 valence electrons. The Morgan fingerprint density at radius 2 is 1.85 bits per heavy atom. The number of nitrogens with zero attached hydrogens (tertiary/aromatic N) is 1.